The van der Waals surface area contributed by atoms with Crippen molar-refractivity contribution in [3.05, 3.63) is 35.4 Å². The molecule has 1 heterocycles. The first-order valence-electron chi connectivity index (χ1n) is 8.53. The molecule has 24 heavy (non-hydrogen) atoms. The monoisotopic (exact) mass is 341 g/mol. The minimum Gasteiger partial charge on any atom is -0.392 e. The number of rotatable bonds is 2. The summed E-state index contributed by atoms with van der Waals surface area (Å²) in [6.45, 7) is 0.605. The average molecular weight is 341 g/mol. The molecule has 0 bridgehead atoms. The summed E-state index contributed by atoms with van der Waals surface area (Å²) in [4.78, 5) is 14.6. The fourth-order valence-electron chi connectivity index (χ4n) is 3.88. The standard InChI is InChI=1S/C18H22F3NO2/c19-18(20,21)13-9-7-12(8-10-13)15-5-1-2-11-22(15)17(24)14-4-3-6-16(14)23/h7-10,14-16,23H,1-6,11H2. The van der Waals surface area contributed by atoms with Crippen LogP contribution in [0.4, 0.5) is 13.2 Å². The van der Waals surface area contributed by atoms with Crippen molar-refractivity contribution in [2.75, 3.05) is 6.54 Å². The highest BCUT2D eigenvalue weighted by atomic mass is 19.4. The number of halogens is 3. The Morgan fingerprint density at radius 2 is 1.75 bits per heavy atom. The van der Waals surface area contributed by atoms with Gasteiger partial charge in [-0.2, -0.15) is 13.2 Å². The summed E-state index contributed by atoms with van der Waals surface area (Å²) in [7, 11) is 0. The van der Waals surface area contributed by atoms with Gasteiger partial charge < -0.3 is 10.0 Å². The molecule has 0 radical (unpaired) electrons. The summed E-state index contributed by atoms with van der Waals surface area (Å²) in [5.41, 5.74) is 0.0645. The van der Waals surface area contributed by atoms with Gasteiger partial charge in [-0.3, -0.25) is 4.79 Å². The molecule has 1 aliphatic heterocycles. The highest BCUT2D eigenvalue weighted by molar-refractivity contribution is 5.80. The van der Waals surface area contributed by atoms with Crippen LogP contribution >= 0.6 is 0 Å². The molecule has 0 spiro atoms. The number of benzene rings is 1. The number of likely N-dealkylation sites (tertiary alicyclic amines) is 1. The smallest absolute Gasteiger partial charge is 0.392 e. The number of hydrogen-bond donors (Lipinski definition) is 1. The number of aliphatic hydroxyl groups excluding tert-OH is 1. The zero-order valence-corrected chi connectivity index (χ0v) is 13.4. The molecule has 1 aliphatic carbocycles. The van der Waals surface area contributed by atoms with E-state index in [1.165, 1.54) is 12.1 Å². The van der Waals surface area contributed by atoms with Gasteiger partial charge in [0.2, 0.25) is 5.91 Å². The summed E-state index contributed by atoms with van der Waals surface area (Å²) in [6, 6.07) is 4.92. The molecule has 2 fully saturated rings. The molecule has 132 valence electrons. The van der Waals surface area contributed by atoms with E-state index in [1.807, 2.05) is 0 Å². The highest BCUT2D eigenvalue weighted by Crippen LogP contribution is 2.37. The van der Waals surface area contributed by atoms with Gasteiger partial charge in [-0.05, 0) is 56.2 Å². The fourth-order valence-corrected chi connectivity index (χ4v) is 3.88. The van der Waals surface area contributed by atoms with E-state index in [1.54, 1.807) is 4.90 Å². The third-order valence-electron chi connectivity index (χ3n) is 5.21. The number of amides is 1. The van der Waals surface area contributed by atoms with Crippen LogP contribution in [0.5, 0.6) is 0 Å². The normalized spacial score (nSPS) is 28.2. The predicted molar refractivity (Wildman–Crippen MR) is 83.1 cm³/mol. The molecule has 1 aromatic rings. The predicted octanol–water partition coefficient (Wildman–Crippen LogP) is 3.92. The number of alkyl halides is 3. The summed E-state index contributed by atoms with van der Waals surface area (Å²) in [6.07, 6.45) is -0.169. The Morgan fingerprint density at radius 3 is 2.33 bits per heavy atom. The Morgan fingerprint density at radius 1 is 1.04 bits per heavy atom. The van der Waals surface area contributed by atoms with E-state index >= 15 is 0 Å². The molecule has 6 heteroatoms. The van der Waals surface area contributed by atoms with Crippen LogP contribution in [0.2, 0.25) is 0 Å². The Balaban J connectivity index is 1.80. The molecule has 1 saturated heterocycles. The topological polar surface area (TPSA) is 40.5 Å². The second kappa shape index (κ2) is 6.75. The Kier molecular flexibility index (Phi) is 4.85. The molecule has 0 aromatic heterocycles. The van der Waals surface area contributed by atoms with E-state index in [4.69, 9.17) is 0 Å². The van der Waals surface area contributed by atoms with Gasteiger partial charge in [-0.1, -0.05) is 12.1 Å². The third kappa shape index (κ3) is 3.43. The van der Waals surface area contributed by atoms with E-state index in [9.17, 15) is 23.1 Å². The molecule has 3 rings (SSSR count). The quantitative estimate of drug-likeness (QED) is 0.886. The lowest BCUT2D eigenvalue weighted by molar-refractivity contribution is -0.142. The Hall–Kier alpha value is -1.56. The molecule has 3 atom stereocenters. The molecular weight excluding hydrogens is 319 g/mol. The molecule has 3 unspecified atom stereocenters. The molecule has 1 N–H and O–H groups in total. The van der Waals surface area contributed by atoms with Crippen molar-refractivity contribution in [3.8, 4) is 0 Å². The van der Waals surface area contributed by atoms with Gasteiger partial charge in [-0.25, -0.2) is 0 Å². The van der Waals surface area contributed by atoms with Crippen molar-refractivity contribution >= 4 is 5.91 Å². The number of carbonyl (C=O) groups is 1. The maximum absolute atomic E-state index is 12.8. The van der Waals surface area contributed by atoms with Crippen LogP contribution in [0.25, 0.3) is 0 Å². The maximum Gasteiger partial charge on any atom is 0.416 e. The summed E-state index contributed by atoms with van der Waals surface area (Å²) in [5.74, 6) is -0.412. The first kappa shape index (κ1) is 17.3. The fraction of sp³-hybridized carbons (Fsp3) is 0.611. The highest BCUT2D eigenvalue weighted by Gasteiger charge is 2.38. The van der Waals surface area contributed by atoms with Crippen LogP contribution in [0, 0.1) is 5.92 Å². The van der Waals surface area contributed by atoms with Crippen LogP contribution in [0.1, 0.15) is 55.7 Å². The third-order valence-corrected chi connectivity index (χ3v) is 5.21. The molecular formula is C18H22F3NO2. The number of nitrogens with zero attached hydrogens (tertiary/aromatic N) is 1. The number of carbonyl (C=O) groups excluding carboxylic acids is 1. The van der Waals surface area contributed by atoms with Crippen molar-refractivity contribution < 1.29 is 23.1 Å². The van der Waals surface area contributed by atoms with Gasteiger partial charge in [-0.15, -0.1) is 0 Å². The van der Waals surface area contributed by atoms with Crippen LogP contribution in [-0.4, -0.2) is 28.6 Å². The van der Waals surface area contributed by atoms with E-state index in [0.29, 0.717) is 19.4 Å². The van der Waals surface area contributed by atoms with Gasteiger partial charge in [0.1, 0.15) is 0 Å². The van der Waals surface area contributed by atoms with Crippen LogP contribution in [0.3, 0.4) is 0 Å². The first-order chi connectivity index (χ1) is 11.4. The van der Waals surface area contributed by atoms with E-state index in [0.717, 1.165) is 43.4 Å². The van der Waals surface area contributed by atoms with E-state index in [-0.39, 0.29) is 17.9 Å². The van der Waals surface area contributed by atoms with Crippen molar-refractivity contribution in [1.82, 2.24) is 4.90 Å². The maximum atomic E-state index is 12.8. The molecule has 1 saturated carbocycles. The van der Waals surface area contributed by atoms with Gasteiger partial charge in [0, 0.05) is 6.54 Å². The van der Waals surface area contributed by atoms with Crippen LogP contribution in [0.15, 0.2) is 24.3 Å². The lowest BCUT2D eigenvalue weighted by atomic mass is 9.92. The molecule has 3 nitrogen and oxygen atoms in total. The van der Waals surface area contributed by atoms with Crippen LogP contribution < -0.4 is 0 Å². The first-order valence-corrected chi connectivity index (χ1v) is 8.53. The summed E-state index contributed by atoms with van der Waals surface area (Å²) >= 11 is 0. The number of piperidine rings is 1. The number of hydrogen-bond acceptors (Lipinski definition) is 2. The van der Waals surface area contributed by atoms with E-state index in [2.05, 4.69) is 0 Å². The van der Waals surface area contributed by atoms with Gasteiger partial charge >= 0.3 is 6.18 Å². The van der Waals surface area contributed by atoms with Crippen LogP contribution in [-0.2, 0) is 11.0 Å². The van der Waals surface area contributed by atoms with E-state index < -0.39 is 17.8 Å². The zero-order valence-electron chi connectivity index (χ0n) is 13.4. The molecule has 1 aromatic carbocycles. The minimum absolute atomic E-state index is 0.0513. The lowest BCUT2D eigenvalue weighted by Gasteiger charge is -2.38. The Labute approximate surface area is 139 Å². The zero-order chi connectivity index (χ0) is 17.3. The summed E-state index contributed by atoms with van der Waals surface area (Å²) in [5, 5.41) is 10.0. The van der Waals surface area contributed by atoms with Crippen molar-refractivity contribution in [2.45, 2.75) is 56.8 Å². The van der Waals surface area contributed by atoms with Gasteiger partial charge in [0.25, 0.3) is 0 Å². The molecule has 2 aliphatic rings. The Bertz CT molecular complexity index is 585. The largest absolute Gasteiger partial charge is 0.416 e. The lowest BCUT2D eigenvalue weighted by Crippen LogP contribution is -2.43. The SMILES string of the molecule is O=C(C1CCCC1O)N1CCCCC1c1ccc(C(F)(F)F)cc1. The second-order valence-corrected chi connectivity index (χ2v) is 6.77. The molecule has 1 amide bonds. The van der Waals surface area contributed by atoms with Crippen molar-refractivity contribution in [3.63, 3.8) is 0 Å². The van der Waals surface area contributed by atoms with Crippen molar-refractivity contribution in [1.29, 1.82) is 0 Å². The average Bonchev–Trinajstić information content (AvgIpc) is 2.99. The summed E-state index contributed by atoms with van der Waals surface area (Å²) < 4.78 is 38.2. The van der Waals surface area contributed by atoms with Gasteiger partial charge in [0.05, 0.1) is 23.6 Å². The second-order valence-electron chi connectivity index (χ2n) is 6.77. The van der Waals surface area contributed by atoms with Gasteiger partial charge in [0.15, 0.2) is 0 Å². The minimum atomic E-state index is -4.35. The number of aliphatic hydroxyl groups is 1. The van der Waals surface area contributed by atoms with Crippen molar-refractivity contribution in [2.24, 2.45) is 5.92 Å².